The highest BCUT2D eigenvalue weighted by Crippen LogP contribution is 2.39. The second-order valence-electron chi connectivity index (χ2n) is 10.0. The molecular weight excluding hydrogens is 497 g/mol. The van der Waals surface area contributed by atoms with E-state index in [1.54, 1.807) is 15.9 Å². The van der Waals surface area contributed by atoms with E-state index < -0.39 is 11.7 Å². The fraction of sp³-hybridized carbons (Fsp3) is 0.519. The Morgan fingerprint density at radius 2 is 1.87 bits per heavy atom. The molecule has 5 rings (SSSR count). The SMILES string of the molecule is C=CC(=O)N1CCN(c2nc(OCC3CCCN3C)nc3c2CCN(c2ccccc2C(F)(F)F)C3)CC1. The molecule has 1 atom stereocenters. The normalized spacial score (nSPS) is 20.4. The summed E-state index contributed by atoms with van der Waals surface area (Å²) in [5, 5.41) is 0. The van der Waals surface area contributed by atoms with Crippen molar-refractivity contribution in [1.82, 2.24) is 19.8 Å². The number of para-hydroxylation sites is 1. The van der Waals surface area contributed by atoms with Crippen molar-refractivity contribution in [2.75, 3.05) is 62.7 Å². The molecule has 3 aliphatic heterocycles. The van der Waals surface area contributed by atoms with Crippen LogP contribution in [0.1, 0.15) is 29.7 Å². The van der Waals surface area contributed by atoms with Crippen molar-refractivity contribution < 1.29 is 22.7 Å². The number of carbonyl (C=O) groups is 1. The minimum absolute atomic E-state index is 0.0990. The molecule has 0 spiro atoms. The molecule has 1 aromatic carbocycles. The van der Waals surface area contributed by atoms with Crippen LogP contribution < -0.4 is 14.5 Å². The largest absolute Gasteiger partial charge is 0.462 e. The third-order valence-electron chi connectivity index (χ3n) is 7.71. The number of nitrogens with zero attached hydrogens (tertiary/aromatic N) is 6. The zero-order valence-corrected chi connectivity index (χ0v) is 21.6. The summed E-state index contributed by atoms with van der Waals surface area (Å²) in [4.78, 5) is 29.4. The minimum Gasteiger partial charge on any atom is -0.462 e. The molecule has 8 nitrogen and oxygen atoms in total. The molecule has 3 aliphatic rings. The number of likely N-dealkylation sites (N-methyl/N-ethyl adjacent to an activating group) is 1. The van der Waals surface area contributed by atoms with Crippen LogP contribution in [0.4, 0.5) is 24.7 Å². The summed E-state index contributed by atoms with van der Waals surface area (Å²) in [7, 11) is 2.07. The second kappa shape index (κ2) is 10.8. The third-order valence-corrected chi connectivity index (χ3v) is 7.71. The first kappa shape index (κ1) is 26.3. The smallest absolute Gasteiger partial charge is 0.418 e. The highest BCUT2D eigenvalue weighted by Gasteiger charge is 2.36. The Balaban J connectivity index is 1.43. The Kier molecular flexibility index (Phi) is 7.47. The molecule has 2 saturated heterocycles. The Morgan fingerprint density at radius 3 is 2.55 bits per heavy atom. The molecule has 0 aliphatic carbocycles. The lowest BCUT2D eigenvalue weighted by molar-refractivity contribution is -0.137. The van der Waals surface area contributed by atoms with Gasteiger partial charge in [-0.05, 0) is 51.1 Å². The van der Waals surface area contributed by atoms with Crippen molar-refractivity contribution in [1.29, 1.82) is 0 Å². The minimum atomic E-state index is -4.45. The van der Waals surface area contributed by atoms with Gasteiger partial charge >= 0.3 is 12.2 Å². The number of hydrogen-bond acceptors (Lipinski definition) is 7. The van der Waals surface area contributed by atoms with Crippen LogP contribution in [0.15, 0.2) is 36.9 Å². The number of hydrogen-bond donors (Lipinski definition) is 0. The number of fused-ring (bicyclic) bond motifs is 1. The maximum atomic E-state index is 13.7. The van der Waals surface area contributed by atoms with Gasteiger partial charge in [-0.1, -0.05) is 18.7 Å². The Bertz CT molecular complexity index is 1180. The monoisotopic (exact) mass is 530 g/mol. The average molecular weight is 531 g/mol. The van der Waals surface area contributed by atoms with Gasteiger partial charge in [-0.15, -0.1) is 0 Å². The summed E-state index contributed by atoms with van der Waals surface area (Å²) in [6.45, 7) is 7.95. The van der Waals surface area contributed by atoms with Crippen molar-refractivity contribution in [3.8, 4) is 6.01 Å². The molecule has 0 bridgehead atoms. The lowest BCUT2D eigenvalue weighted by Crippen LogP contribution is -2.49. The third kappa shape index (κ3) is 5.43. The molecule has 1 amide bonds. The number of alkyl halides is 3. The predicted octanol–water partition coefficient (Wildman–Crippen LogP) is 3.37. The quantitative estimate of drug-likeness (QED) is 0.531. The molecule has 2 fully saturated rings. The topological polar surface area (TPSA) is 65.0 Å². The highest BCUT2D eigenvalue weighted by atomic mass is 19.4. The first-order valence-corrected chi connectivity index (χ1v) is 13.0. The predicted molar refractivity (Wildman–Crippen MR) is 138 cm³/mol. The summed E-state index contributed by atoms with van der Waals surface area (Å²) in [5.74, 6) is 0.650. The van der Waals surface area contributed by atoms with Gasteiger partial charge in [-0.3, -0.25) is 4.79 Å². The van der Waals surface area contributed by atoms with Gasteiger partial charge in [-0.2, -0.15) is 23.1 Å². The first-order valence-electron chi connectivity index (χ1n) is 13.0. The zero-order chi connectivity index (χ0) is 26.9. The molecule has 204 valence electrons. The number of piperazine rings is 1. The molecule has 0 N–H and O–H groups in total. The van der Waals surface area contributed by atoms with Crippen LogP contribution in [0.25, 0.3) is 0 Å². The van der Waals surface area contributed by atoms with Crippen LogP contribution >= 0.6 is 0 Å². The van der Waals surface area contributed by atoms with E-state index in [0.717, 1.165) is 36.8 Å². The van der Waals surface area contributed by atoms with Crippen LogP contribution in [0.2, 0.25) is 0 Å². The fourth-order valence-electron chi connectivity index (χ4n) is 5.54. The van der Waals surface area contributed by atoms with E-state index in [2.05, 4.69) is 23.4 Å². The van der Waals surface area contributed by atoms with E-state index in [0.29, 0.717) is 51.4 Å². The Hall–Kier alpha value is -3.34. The number of amides is 1. The van der Waals surface area contributed by atoms with Crippen molar-refractivity contribution in [2.45, 2.75) is 38.0 Å². The average Bonchev–Trinajstić information content (AvgIpc) is 3.34. The maximum absolute atomic E-state index is 13.7. The number of likely N-dealkylation sites (tertiary alicyclic amines) is 1. The van der Waals surface area contributed by atoms with E-state index in [1.165, 1.54) is 18.2 Å². The number of benzene rings is 1. The van der Waals surface area contributed by atoms with Crippen LogP contribution in [0, 0.1) is 0 Å². The molecule has 1 unspecified atom stereocenters. The fourth-order valence-corrected chi connectivity index (χ4v) is 5.54. The molecule has 11 heteroatoms. The number of anilines is 2. The molecule has 0 saturated carbocycles. The zero-order valence-electron chi connectivity index (χ0n) is 21.6. The second-order valence-corrected chi connectivity index (χ2v) is 10.0. The van der Waals surface area contributed by atoms with Crippen molar-refractivity contribution in [3.05, 3.63) is 53.7 Å². The summed E-state index contributed by atoms with van der Waals surface area (Å²) in [6.07, 6.45) is -0.467. The van der Waals surface area contributed by atoms with Crippen LogP contribution in [0.5, 0.6) is 6.01 Å². The van der Waals surface area contributed by atoms with E-state index in [4.69, 9.17) is 14.7 Å². The van der Waals surface area contributed by atoms with Crippen LogP contribution in [-0.2, 0) is 23.9 Å². The van der Waals surface area contributed by atoms with Gasteiger partial charge in [0.2, 0.25) is 5.91 Å². The van der Waals surface area contributed by atoms with E-state index in [9.17, 15) is 18.0 Å². The van der Waals surface area contributed by atoms with Gasteiger partial charge in [0, 0.05) is 50.0 Å². The van der Waals surface area contributed by atoms with Gasteiger partial charge in [0.1, 0.15) is 12.4 Å². The molecule has 1 aromatic heterocycles. The summed E-state index contributed by atoms with van der Waals surface area (Å²) in [5.41, 5.74) is 1.11. The number of aromatic nitrogens is 2. The van der Waals surface area contributed by atoms with Gasteiger partial charge in [0.05, 0.1) is 17.8 Å². The number of carbonyl (C=O) groups excluding carboxylic acids is 1. The molecule has 4 heterocycles. The summed E-state index contributed by atoms with van der Waals surface area (Å²) >= 11 is 0. The molecule has 0 radical (unpaired) electrons. The lowest BCUT2D eigenvalue weighted by Gasteiger charge is -2.38. The van der Waals surface area contributed by atoms with Crippen LogP contribution in [0.3, 0.4) is 0 Å². The number of halogens is 3. The number of rotatable bonds is 6. The molecule has 2 aromatic rings. The van der Waals surface area contributed by atoms with E-state index in [1.807, 2.05) is 0 Å². The Morgan fingerprint density at radius 1 is 1.11 bits per heavy atom. The molecular formula is C27H33F3N6O2. The summed E-state index contributed by atoms with van der Waals surface area (Å²) in [6, 6.07) is 6.19. The van der Waals surface area contributed by atoms with E-state index in [-0.39, 0.29) is 30.2 Å². The van der Waals surface area contributed by atoms with E-state index >= 15 is 0 Å². The highest BCUT2D eigenvalue weighted by molar-refractivity contribution is 5.87. The maximum Gasteiger partial charge on any atom is 0.418 e. The van der Waals surface area contributed by atoms with Gasteiger partial charge in [0.15, 0.2) is 0 Å². The standard InChI is InChI=1S/C27H33F3N6O2/c1-3-24(37)34-13-15-35(16-14-34)25-20-10-12-36(23-9-5-4-8-21(23)27(28,29)30)17-22(20)31-26(32-25)38-18-19-7-6-11-33(19)2/h3-5,8-9,19H,1,6-7,10-18H2,2H3. The van der Waals surface area contributed by atoms with Crippen LogP contribution in [-0.4, -0.2) is 84.6 Å². The summed E-state index contributed by atoms with van der Waals surface area (Å²) < 4.78 is 47.3. The first-order chi connectivity index (χ1) is 18.2. The van der Waals surface area contributed by atoms with Gasteiger partial charge in [0.25, 0.3) is 0 Å². The van der Waals surface area contributed by atoms with Gasteiger partial charge < -0.3 is 24.3 Å². The Labute approximate surface area is 220 Å². The van der Waals surface area contributed by atoms with Crippen molar-refractivity contribution >= 4 is 17.4 Å². The lowest BCUT2D eigenvalue weighted by atomic mass is 10.0. The number of ether oxygens (including phenoxy) is 1. The van der Waals surface area contributed by atoms with Gasteiger partial charge in [-0.25, -0.2) is 0 Å². The van der Waals surface area contributed by atoms with Crippen molar-refractivity contribution in [3.63, 3.8) is 0 Å². The molecule has 38 heavy (non-hydrogen) atoms. The van der Waals surface area contributed by atoms with Crippen molar-refractivity contribution in [2.24, 2.45) is 0 Å².